The van der Waals surface area contributed by atoms with Crippen molar-refractivity contribution in [3.8, 4) is 17.3 Å². The first kappa shape index (κ1) is 13.0. The maximum atomic E-state index is 9.89. The van der Waals surface area contributed by atoms with Gasteiger partial charge < -0.3 is 4.43 Å². The minimum absolute atomic E-state index is 0.864. The number of fused-ring (bicyclic) bond motifs is 3. The molecule has 2 aromatic rings. The van der Waals surface area contributed by atoms with Gasteiger partial charge in [-0.05, 0) is 25.7 Å². The molecule has 0 N–H and O–H groups in total. The standard InChI is InChI=1S/C16H16N2OSi/c1-20(2,3)19-16(11-17)13-8-5-4-7-12(13)15-14(16)9-6-10-18-15/h4-10H,1-3H3. The van der Waals surface area contributed by atoms with Gasteiger partial charge in [0, 0.05) is 22.9 Å². The number of benzene rings is 1. The molecule has 20 heavy (non-hydrogen) atoms. The molecular formula is C16H16N2OSi. The van der Waals surface area contributed by atoms with Crippen LogP contribution in [0.5, 0.6) is 0 Å². The van der Waals surface area contributed by atoms with E-state index in [1.807, 2.05) is 36.4 Å². The quantitative estimate of drug-likeness (QED) is 0.788. The van der Waals surface area contributed by atoms with Gasteiger partial charge in [0.25, 0.3) is 0 Å². The lowest BCUT2D eigenvalue weighted by atomic mass is 9.94. The first-order chi connectivity index (χ1) is 9.48. The second kappa shape index (κ2) is 4.27. The molecule has 0 radical (unpaired) electrons. The van der Waals surface area contributed by atoms with E-state index in [0.717, 1.165) is 22.4 Å². The molecule has 3 nitrogen and oxygen atoms in total. The lowest BCUT2D eigenvalue weighted by Crippen LogP contribution is -2.39. The van der Waals surface area contributed by atoms with Gasteiger partial charge in [-0.3, -0.25) is 4.98 Å². The molecule has 0 saturated heterocycles. The smallest absolute Gasteiger partial charge is 0.199 e. The van der Waals surface area contributed by atoms with Crippen molar-refractivity contribution >= 4 is 8.32 Å². The molecule has 1 heterocycles. The van der Waals surface area contributed by atoms with Crippen LogP contribution in [0.15, 0.2) is 42.6 Å². The van der Waals surface area contributed by atoms with Crippen LogP contribution in [-0.4, -0.2) is 13.3 Å². The van der Waals surface area contributed by atoms with E-state index in [4.69, 9.17) is 4.43 Å². The van der Waals surface area contributed by atoms with Crippen molar-refractivity contribution in [2.45, 2.75) is 25.2 Å². The summed E-state index contributed by atoms with van der Waals surface area (Å²) in [5, 5.41) is 9.89. The van der Waals surface area contributed by atoms with Crippen LogP contribution in [0.3, 0.4) is 0 Å². The molecule has 0 amide bonds. The molecule has 4 heteroatoms. The third-order valence-corrected chi connectivity index (χ3v) is 4.28. The first-order valence-corrected chi connectivity index (χ1v) is 10.1. The molecule has 0 aliphatic heterocycles. The van der Waals surface area contributed by atoms with Crippen LogP contribution in [0.4, 0.5) is 0 Å². The van der Waals surface area contributed by atoms with E-state index in [0.29, 0.717) is 0 Å². The number of hydrogen-bond donors (Lipinski definition) is 0. The van der Waals surface area contributed by atoms with Gasteiger partial charge in [-0.15, -0.1) is 0 Å². The first-order valence-electron chi connectivity index (χ1n) is 6.65. The highest BCUT2D eigenvalue weighted by Crippen LogP contribution is 2.49. The van der Waals surface area contributed by atoms with E-state index in [2.05, 4.69) is 30.7 Å². The zero-order valence-corrected chi connectivity index (χ0v) is 12.8. The Kier molecular flexibility index (Phi) is 2.78. The molecule has 1 unspecified atom stereocenters. The molecule has 0 fully saturated rings. The Balaban J connectivity index is 2.33. The Bertz CT molecular complexity index is 667. The Morgan fingerprint density at radius 2 is 1.80 bits per heavy atom. The van der Waals surface area contributed by atoms with E-state index in [1.165, 1.54) is 0 Å². The van der Waals surface area contributed by atoms with E-state index in [1.54, 1.807) is 6.20 Å². The third kappa shape index (κ3) is 1.79. The molecular weight excluding hydrogens is 264 g/mol. The van der Waals surface area contributed by atoms with Gasteiger partial charge in [-0.1, -0.05) is 30.3 Å². The Hall–Kier alpha value is -1.96. The summed E-state index contributed by atoms with van der Waals surface area (Å²) < 4.78 is 6.33. The molecule has 1 aliphatic carbocycles. The lowest BCUT2D eigenvalue weighted by Gasteiger charge is -2.31. The zero-order chi connectivity index (χ0) is 14.4. The summed E-state index contributed by atoms with van der Waals surface area (Å²) in [5.74, 6) is 0. The van der Waals surface area contributed by atoms with Crippen molar-refractivity contribution in [3.63, 3.8) is 0 Å². The summed E-state index contributed by atoms with van der Waals surface area (Å²) in [7, 11) is -1.90. The van der Waals surface area contributed by atoms with Crippen molar-refractivity contribution in [2.75, 3.05) is 0 Å². The summed E-state index contributed by atoms with van der Waals surface area (Å²) in [6, 6.07) is 14.1. The Morgan fingerprint density at radius 1 is 1.10 bits per heavy atom. The molecule has 1 aliphatic rings. The normalized spacial score (nSPS) is 20.1. The van der Waals surface area contributed by atoms with Gasteiger partial charge in [0.05, 0.1) is 5.69 Å². The van der Waals surface area contributed by atoms with Crippen LogP contribution in [-0.2, 0) is 10.0 Å². The predicted molar refractivity (Wildman–Crippen MR) is 80.5 cm³/mol. The van der Waals surface area contributed by atoms with Crippen LogP contribution in [0.25, 0.3) is 11.3 Å². The van der Waals surface area contributed by atoms with Gasteiger partial charge in [-0.2, -0.15) is 5.26 Å². The van der Waals surface area contributed by atoms with Gasteiger partial charge in [-0.25, -0.2) is 0 Å². The monoisotopic (exact) mass is 280 g/mol. The molecule has 3 rings (SSSR count). The zero-order valence-electron chi connectivity index (χ0n) is 11.8. The summed E-state index contributed by atoms with van der Waals surface area (Å²) in [6.45, 7) is 6.30. The third-order valence-electron chi connectivity index (χ3n) is 3.37. The number of pyridine rings is 1. The second-order valence-electron chi connectivity index (χ2n) is 5.95. The van der Waals surface area contributed by atoms with Crippen molar-refractivity contribution in [3.05, 3.63) is 53.7 Å². The summed E-state index contributed by atoms with van der Waals surface area (Å²) in [4.78, 5) is 4.46. The number of nitriles is 1. The van der Waals surface area contributed by atoms with Crippen molar-refractivity contribution < 1.29 is 4.43 Å². The lowest BCUT2D eigenvalue weighted by molar-refractivity contribution is 0.168. The SMILES string of the molecule is C[Si](C)(C)OC1(C#N)c2ccccc2-c2ncccc21. The highest BCUT2D eigenvalue weighted by atomic mass is 28.4. The maximum absolute atomic E-state index is 9.89. The molecule has 0 spiro atoms. The van der Waals surface area contributed by atoms with Gasteiger partial charge in [0.1, 0.15) is 6.07 Å². The largest absolute Gasteiger partial charge is 0.393 e. The minimum Gasteiger partial charge on any atom is -0.393 e. The summed E-state index contributed by atoms with van der Waals surface area (Å²) in [6.07, 6.45) is 1.76. The molecule has 1 aromatic carbocycles. The van der Waals surface area contributed by atoms with Crippen LogP contribution in [0, 0.1) is 11.3 Å². The molecule has 100 valence electrons. The average Bonchev–Trinajstić information content (AvgIpc) is 2.69. The molecule has 1 atom stereocenters. The van der Waals surface area contributed by atoms with Gasteiger partial charge in [0.2, 0.25) is 0 Å². The number of rotatable bonds is 2. The van der Waals surface area contributed by atoms with E-state index in [9.17, 15) is 5.26 Å². The second-order valence-corrected chi connectivity index (χ2v) is 10.4. The van der Waals surface area contributed by atoms with Crippen LogP contribution in [0.1, 0.15) is 11.1 Å². The Morgan fingerprint density at radius 3 is 2.50 bits per heavy atom. The summed E-state index contributed by atoms with van der Waals surface area (Å²) >= 11 is 0. The van der Waals surface area contributed by atoms with E-state index < -0.39 is 13.9 Å². The van der Waals surface area contributed by atoms with E-state index >= 15 is 0 Å². The van der Waals surface area contributed by atoms with Crippen molar-refractivity contribution in [2.24, 2.45) is 0 Å². The highest BCUT2D eigenvalue weighted by molar-refractivity contribution is 6.69. The fourth-order valence-corrected chi connectivity index (χ4v) is 3.94. The molecule has 0 saturated carbocycles. The fraction of sp³-hybridized carbons (Fsp3) is 0.250. The van der Waals surface area contributed by atoms with Crippen LogP contribution in [0.2, 0.25) is 19.6 Å². The minimum atomic E-state index is -1.90. The fourth-order valence-electron chi connectivity index (χ4n) is 2.76. The van der Waals surface area contributed by atoms with Gasteiger partial charge >= 0.3 is 0 Å². The number of nitrogens with zero attached hydrogens (tertiary/aromatic N) is 2. The summed E-state index contributed by atoms with van der Waals surface area (Å²) in [5.41, 5.74) is 2.64. The molecule has 0 bridgehead atoms. The average molecular weight is 280 g/mol. The highest BCUT2D eigenvalue weighted by Gasteiger charge is 2.47. The number of hydrogen-bond acceptors (Lipinski definition) is 3. The van der Waals surface area contributed by atoms with Crippen molar-refractivity contribution in [1.82, 2.24) is 4.98 Å². The topological polar surface area (TPSA) is 45.9 Å². The molecule has 1 aromatic heterocycles. The van der Waals surface area contributed by atoms with E-state index in [-0.39, 0.29) is 0 Å². The number of aromatic nitrogens is 1. The maximum Gasteiger partial charge on any atom is 0.199 e. The van der Waals surface area contributed by atoms with Crippen LogP contribution < -0.4 is 0 Å². The van der Waals surface area contributed by atoms with Crippen LogP contribution >= 0.6 is 0 Å². The Labute approximate surface area is 120 Å². The predicted octanol–water partition coefficient (Wildman–Crippen LogP) is 3.68. The van der Waals surface area contributed by atoms with Gasteiger partial charge in [0.15, 0.2) is 13.9 Å². The van der Waals surface area contributed by atoms with Crippen molar-refractivity contribution in [1.29, 1.82) is 5.26 Å².